The van der Waals surface area contributed by atoms with E-state index < -0.39 is 5.92 Å². The molecule has 36 heavy (non-hydrogen) atoms. The number of Topliss-reactive ketones (excluding diaryl/α,β-unsaturated/α-hetero) is 2. The van der Waals surface area contributed by atoms with E-state index in [0.717, 1.165) is 57.4 Å². The first-order valence-corrected chi connectivity index (χ1v) is 13.3. The number of allylic oxidation sites excluding steroid dienone is 1. The fourth-order valence-electron chi connectivity index (χ4n) is 5.37. The number of carbonyl (C=O) groups excluding carboxylic acids is 2. The average Bonchev–Trinajstić information content (AvgIpc) is 3.59. The second-order valence-electron chi connectivity index (χ2n) is 10.0. The van der Waals surface area contributed by atoms with Crippen LogP contribution in [-0.4, -0.2) is 65.8 Å². The average molecular weight is 496 g/mol. The number of ether oxygens (including phenoxy) is 1. The molecular weight excluding hydrogens is 454 g/mol. The Bertz CT molecular complexity index is 967. The predicted molar refractivity (Wildman–Crippen MR) is 141 cm³/mol. The van der Waals surface area contributed by atoms with E-state index >= 15 is 0 Å². The fourth-order valence-corrected chi connectivity index (χ4v) is 5.37. The Hall–Kier alpha value is -2.76. The van der Waals surface area contributed by atoms with Crippen LogP contribution in [0.15, 0.2) is 11.6 Å². The molecule has 1 aromatic heterocycles. The van der Waals surface area contributed by atoms with Crippen LogP contribution in [-0.2, 0) is 9.59 Å². The van der Waals surface area contributed by atoms with Crippen LogP contribution in [0.25, 0.3) is 5.70 Å². The zero-order valence-electron chi connectivity index (χ0n) is 21.8. The maximum atomic E-state index is 13.4. The van der Waals surface area contributed by atoms with Crippen molar-refractivity contribution in [1.29, 1.82) is 0 Å². The lowest BCUT2D eigenvalue weighted by atomic mass is 9.81. The standard InChI is InChI=1S/C26H39N5O3.C2H2/c1-3-7-20(25(33)19-9-4-5-10-22(19)32)24(27)26-29-21(17-11-12-28-15-17)14-23(30-26)34-16-18-8-6-13-31(18)2;1-2/h14,17-19,28H,3-13,15-16,27H2,1-2H3;1-2H/b24-20-;/t17?,18-,19-;/m0./s1. The van der Waals surface area contributed by atoms with Crippen molar-refractivity contribution >= 4 is 17.3 Å². The zero-order valence-corrected chi connectivity index (χ0v) is 21.8. The van der Waals surface area contributed by atoms with Gasteiger partial charge >= 0.3 is 0 Å². The second-order valence-corrected chi connectivity index (χ2v) is 10.0. The van der Waals surface area contributed by atoms with E-state index in [1.54, 1.807) is 0 Å². The zero-order chi connectivity index (χ0) is 26.1. The van der Waals surface area contributed by atoms with Gasteiger partial charge in [-0.2, -0.15) is 4.98 Å². The predicted octanol–water partition coefficient (Wildman–Crippen LogP) is 3.07. The highest BCUT2D eigenvalue weighted by atomic mass is 16.5. The van der Waals surface area contributed by atoms with E-state index in [-0.39, 0.29) is 17.5 Å². The summed E-state index contributed by atoms with van der Waals surface area (Å²) in [6.45, 7) is 5.46. The minimum atomic E-state index is -0.579. The Kier molecular flexibility index (Phi) is 10.4. The molecule has 0 amide bonds. The van der Waals surface area contributed by atoms with Gasteiger partial charge in [0.15, 0.2) is 11.6 Å². The van der Waals surface area contributed by atoms with Crippen LogP contribution in [0.3, 0.4) is 0 Å². The van der Waals surface area contributed by atoms with Gasteiger partial charge in [-0.25, -0.2) is 4.98 Å². The van der Waals surface area contributed by atoms with Crippen molar-refractivity contribution in [2.24, 2.45) is 11.7 Å². The second kappa shape index (κ2) is 13.5. The van der Waals surface area contributed by atoms with Crippen molar-refractivity contribution in [3.05, 3.63) is 23.2 Å². The minimum Gasteiger partial charge on any atom is -0.476 e. The van der Waals surface area contributed by atoms with Gasteiger partial charge in [-0.1, -0.05) is 19.8 Å². The Labute approximate surface area is 215 Å². The van der Waals surface area contributed by atoms with Crippen LogP contribution >= 0.6 is 0 Å². The minimum absolute atomic E-state index is 0.0362. The fraction of sp³-hybridized carbons (Fsp3) is 0.643. The third kappa shape index (κ3) is 6.71. The van der Waals surface area contributed by atoms with Crippen molar-refractivity contribution in [3.63, 3.8) is 0 Å². The third-order valence-electron chi connectivity index (χ3n) is 7.53. The highest BCUT2D eigenvalue weighted by molar-refractivity contribution is 6.13. The van der Waals surface area contributed by atoms with E-state index in [1.807, 2.05) is 13.0 Å². The van der Waals surface area contributed by atoms with Crippen LogP contribution < -0.4 is 15.8 Å². The number of carbonyl (C=O) groups is 2. The van der Waals surface area contributed by atoms with Crippen molar-refractivity contribution in [2.45, 2.75) is 76.7 Å². The summed E-state index contributed by atoms with van der Waals surface area (Å²) in [5.41, 5.74) is 8.28. The van der Waals surface area contributed by atoms with Gasteiger partial charge in [0.25, 0.3) is 0 Å². The first-order chi connectivity index (χ1) is 17.5. The van der Waals surface area contributed by atoms with Crippen LogP contribution in [0.5, 0.6) is 5.88 Å². The van der Waals surface area contributed by atoms with Gasteiger partial charge in [-0.3, -0.25) is 9.59 Å². The Morgan fingerprint density at radius 3 is 2.67 bits per heavy atom. The number of likely N-dealkylation sites (tertiary alicyclic amines) is 1. The maximum Gasteiger partial charge on any atom is 0.217 e. The molecule has 1 saturated carbocycles. The molecule has 0 bridgehead atoms. The number of hydrogen-bond donors (Lipinski definition) is 2. The van der Waals surface area contributed by atoms with Crippen molar-refractivity contribution < 1.29 is 14.3 Å². The SMILES string of the molecule is C#C.CCC/C(C(=O)[C@H]1CCCCC1=O)=C(/N)c1nc(OC[C@@H]2CCCN2C)cc(C2CCNC2)n1. The molecule has 3 fully saturated rings. The van der Waals surface area contributed by atoms with Crippen LogP contribution in [0.2, 0.25) is 0 Å². The molecule has 1 aliphatic carbocycles. The van der Waals surface area contributed by atoms with Crippen molar-refractivity contribution in [1.82, 2.24) is 20.2 Å². The van der Waals surface area contributed by atoms with Gasteiger partial charge in [-0.05, 0) is 58.7 Å². The van der Waals surface area contributed by atoms with Crippen LogP contribution in [0.1, 0.15) is 82.1 Å². The monoisotopic (exact) mass is 495 g/mol. The van der Waals surface area contributed by atoms with Crippen molar-refractivity contribution in [2.75, 3.05) is 33.3 Å². The lowest BCUT2D eigenvalue weighted by molar-refractivity contribution is -0.132. The molecule has 1 aromatic rings. The molecule has 2 aliphatic heterocycles. The van der Waals surface area contributed by atoms with Crippen LogP contribution in [0, 0.1) is 18.8 Å². The molecule has 8 nitrogen and oxygen atoms in total. The van der Waals surface area contributed by atoms with E-state index in [0.29, 0.717) is 54.9 Å². The molecule has 0 aromatic carbocycles. The van der Waals surface area contributed by atoms with Gasteiger partial charge in [0.2, 0.25) is 5.88 Å². The number of hydrogen-bond acceptors (Lipinski definition) is 8. The first-order valence-electron chi connectivity index (χ1n) is 13.3. The largest absolute Gasteiger partial charge is 0.476 e. The summed E-state index contributed by atoms with van der Waals surface area (Å²) in [7, 11) is 2.12. The highest BCUT2D eigenvalue weighted by Crippen LogP contribution is 2.30. The molecule has 2 saturated heterocycles. The lowest BCUT2D eigenvalue weighted by Gasteiger charge is -2.22. The van der Waals surface area contributed by atoms with Gasteiger partial charge in [-0.15, -0.1) is 12.8 Å². The maximum absolute atomic E-state index is 13.4. The van der Waals surface area contributed by atoms with E-state index in [2.05, 4.69) is 35.1 Å². The molecule has 8 heteroatoms. The molecule has 3 N–H and O–H groups in total. The quantitative estimate of drug-likeness (QED) is 0.306. The number of terminal acetylenes is 1. The molecule has 0 spiro atoms. The number of nitrogens with two attached hydrogens (primary N) is 1. The molecule has 3 heterocycles. The molecule has 0 radical (unpaired) electrons. The molecule has 1 unspecified atom stereocenters. The summed E-state index contributed by atoms with van der Waals surface area (Å²) in [5.74, 6) is 0.428. The van der Waals surface area contributed by atoms with Gasteiger partial charge in [0, 0.05) is 36.6 Å². The number of rotatable bonds is 9. The highest BCUT2D eigenvalue weighted by Gasteiger charge is 2.32. The molecule has 196 valence electrons. The Balaban J connectivity index is 0.00000176. The summed E-state index contributed by atoms with van der Waals surface area (Å²) in [6.07, 6.45) is 15.4. The van der Waals surface area contributed by atoms with E-state index in [9.17, 15) is 9.59 Å². The van der Waals surface area contributed by atoms with Crippen molar-refractivity contribution in [3.8, 4) is 18.7 Å². The summed E-state index contributed by atoms with van der Waals surface area (Å²) in [5, 5.41) is 3.39. The summed E-state index contributed by atoms with van der Waals surface area (Å²) < 4.78 is 6.15. The molecule has 4 rings (SSSR count). The molecule has 3 atom stereocenters. The third-order valence-corrected chi connectivity index (χ3v) is 7.53. The van der Waals surface area contributed by atoms with E-state index in [4.69, 9.17) is 15.5 Å². The lowest BCUT2D eigenvalue weighted by Crippen LogP contribution is -2.31. The number of aromatic nitrogens is 2. The summed E-state index contributed by atoms with van der Waals surface area (Å²) in [6, 6.07) is 2.30. The topological polar surface area (TPSA) is 110 Å². The Morgan fingerprint density at radius 1 is 1.22 bits per heavy atom. The number of nitrogens with zero attached hydrogens (tertiary/aromatic N) is 3. The van der Waals surface area contributed by atoms with Gasteiger partial charge in [0.05, 0.1) is 17.3 Å². The normalized spacial score (nSPS) is 25.1. The summed E-state index contributed by atoms with van der Waals surface area (Å²) in [4.78, 5) is 37.7. The molecule has 3 aliphatic rings. The number of ketones is 2. The van der Waals surface area contributed by atoms with Gasteiger partial charge < -0.3 is 20.7 Å². The molecular formula is C28H41N5O3. The van der Waals surface area contributed by atoms with Crippen LogP contribution in [0.4, 0.5) is 0 Å². The van der Waals surface area contributed by atoms with E-state index in [1.165, 1.54) is 6.42 Å². The number of likely N-dealkylation sites (N-methyl/N-ethyl adjacent to an activating group) is 1. The first kappa shape index (κ1) is 27.8. The summed E-state index contributed by atoms with van der Waals surface area (Å²) >= 11 is 0. The van der Waals surface area contributed by atoms with Gasteiger partial charge in [0.1, 0.15) is 12.4 Å². The smallest absolute Gasteiger partial charge is 0.217 e. The Morgan fingerprint density at radius 2 is 2.03 bits per heavy atom. The number of nitrogens with one attached hydrogen (secondary N) is 1.